The number of benzene rings is 3. The largest absolute Gasteiger partial charge is 0.390 e. The third kappa shape index (κ3) is 5.29. The second-order valence-electron chi connectivity index (χ2n) is 7.89. The lowest BCUT2D eigenvalue weighted by atomic mass is 10.1. The second kappa shape index (κ2) is 10.1. The van der Waals surface area contributed by atoms with Crippen LogP contribution in [-0.4, -0.2) is 42.5 Å². The Hall–Kier alpha value is -2.69. The van der Waals surface area contributed by atoms with Gasteiger partial charge in [-0.1, -0.05) is 24.3 Å². The number of aliphatic hydroxyl groups excluding tert-OH is 1. The number of hydrogen-bond donors (Lipinski definition) is 2. The van der Waals surface area contributed by atoms with Crippen molar-refractivity contribution in [3.63, 3.8) is 0 Å². The van der Waals surface area contributed by atoms with Crippen molar-refractivity contribution < 1.29 is 27.4 Å². The van der Waals surface area contributed by atoms with Crippen LogP contribution in [0.3, 0.4) is 0 Å². The maximum absolute atomic E-state index is 13.8. The van der Waals surface area contributed by atoms with Gasteiger partial charge in [0.25, 0.3) is 0 Å². The quantitative estimate of drug-likeness (QED) is 0.356. The van der Waals surface area contributed by atoms with Crippen LogP contribution < -0.4 is 0 Å². The van der Waals surface area contributed by atoms with Gasteiger partial charge in [0, 0.05) is 42.0 Å². The molecule has 2 N–H and O–H groups in total. The smallest absolute Gasteiger partial charge is 0.234 e. The molecular weight excluding hydrogens is 450 g/mol. The lowest BCUT2D eigenvalue weighted by molar-refractivity contribution is 0.128. The molecule has 0 aliphatic heterocycles. The van der Waals surface area contributed by atoms with Gasteiger partial charge in [-0.05, 0) is 47.5 Å². The van der Waals surface area contributed by atoms with Crippen LogP contribution in [-0.2, 0) is 35.7 Å². The SMILES string of the molecule is COCc1ccc(CN(CC(O)Cn2c3ccc(F)cc3c3cc(F)ccc32)S(=O)O)cc1. The zero-order valence-electron chi connectivity index (χ0n) is 17.9. The van der Waals surface area contributed by atoms with Gasteiger partial charge in [0.15, 0.2) is 0 Å². The van der Waals surface area contributed by atoms with E-state index in [0.29, 0.717) is 28.4 Å². The maximum Gasteiger partial charge on any atom is 0.234 e. The van der Waals surface area contributed by atoms with E-state index in [1.165, 1.54) is 28.6 Å². The molecule has 6 nitrogen and oxygen atoms in total. The number of ether oxygens (including phenoxy) is 1. The first-order valence-corrected chi connectivity index (χ1v) is 11.4. The van der Waals surface area contributed by atoms with Crippen molar-refractivity contribution in [2.45, 2.75) is 25.8 Å². The van der Waals surface area contributed by atoms with E-state index in [2.05, 4.69) is 0 Å². The molecule has 0 saturated heterocycles. The fourth-order valence-electron chi connectivity index (χ4n) is 4.04. The number of halogens is 2. The molecule has 0 aliphatic carbocycles. The van der Waals surface area contributed by atoms with Crippen molar-refractivity contribution in [3.05, 3.63) is 83.4 Å². The van der Waals surface area contributed by atoms with Crippen LogP contribution in [0.1, 0.15) is 11.1 Å². The average molecular weight is 475 g/mol. The highest BCUT2D eigenvalue weighted by atomic mass is 32.2. The molecule has 2 unspecified atom stereocenters. The number of aliphatic hydroxyl groups is 1. The standard InChI is InChI=1S/C24H24F2N2O4S/c1-32-15-17-4-2-16(3-5-17)12-27(33(30)31)13-20(29)14-28-23-8-6-18(25)10-21(23)22-11-19(26)7-9-24(22)28/h2-11,20,29H,12-15H2,1H3,(H,30,31). The molecule has 0 bridgehead atoms. The fourth-order valence-corrected chi connectivity index (χ4v) is 4.60. The van der Waals surface area contributed by atoms with Crippen molar-refractivity contribution in [1.82, 2.24) is 8.87 Å². The highest BCUT2D eigenvalue weighted by Crippen LogP contribution is 2.30. The summed E-state index contributed by atoms with van der Waals surface area (Å²) in [4.78, 5) is 0. The van der Waals surface area contributed by atoms with Crippen LogP contribution in [0.5, 0.6) is 0 Å². The van der Waals surface area contributed by atoms with E-state index in [1.54, 1.807) is 23.8 Å². The van der Waals surface area contributed by atoms with E-state index < -0.39 is 29.0 Å². The van der Waals surface area contributed by atoms with E-state index in [1.807, 2.05) is 24.3 Å². The summed E-state index contributed by atoms with van der Waals surface area (Å²) in [5.41, 5.74) is 3.08. The Balaban J connectivity index is 1.56. The van der Waals surface area contributed by atoms with Crippen molar-refractivity contribution in [2.75, 3.05) is 13.7 Å². The summed E-state index contributed by atoms with van der Waals surface area (Å²) in [5, 5.41) is 11.9. The summed E-state index contributed by atoms with van der Waals surface area (Å²) < 4.78 is 57.5. The third-order valence-corrected chi connectivity index (χ3v) is 6.23. The van der Waals surface area contributed by atoms with Gasteiger partial charge >= 0.3 is 0 Å². The molecule has 4 rings (SSSR count). The van der Waals surface area contributed by atoms with E-state index in [0.717, 1.165) is 11.1 Å². The molecule has 4 aromatic rings. The Kier molecular flexibility index (Phi) is 7.16. The highest BCUT2D eigenvalue weighted by Gasteiger charge is 2.20. The molecule has 0 amide bonds. The van der Waals surface area contributed by atoms with Crippen LogP contribution in [0.4, 0.5) is 8.78 Å². The molecule has 3 aromatic carbocycles. The van der Waals surface area contributed by atoms with Crippen LogP contribution in [0.2, 0.25) is 0 Å². The van der Waals surface area contributed by atoms with Gasteiger partial charge in [0.05, 0.1) is 19.3 Å². The molecule has 0 fully saturated rings. The van der Waals surface area contributed by atoms with E-state index >= 15 is 0 Å². The van der Waals surface area contributed by atoms with Crippen molar-refractivity contribution >= 4 is 33.1 Å². The zero-order valence-corrected chi connectivity index (χ0v) is 18.8. The normalized spacial score (nSPS) is 13.8. The van der Waals surface area contributed by atoms with Crippen molar-refractivity contribution in [2.24, 2.45) is 0 Å². The van der Waals surface area contributed by atoms with Gasteiger partial charge in [-0.25, -0.2) is 13.0 Å². The molecule has 174 valence electrons. The third-order valence-electron chi connectivity index (χ3n) is 5.51. The monoisotopic (exact) mass is 474 g/mol. The van der Waals surface area contributed by atoms with E-state index in [-0.39, 0.29) is 19.6 Å². The second-order valence-corrected chi connectivity index (χ2v) is 8.87. The Morgan fingerprint density at radius 2 is 1.52 bits per heavy atom. The van der Waals surface area contributed by atoms with Crippen LogP contribution >= 0.6 is 0 Å². The highest BCUT2D eigenvalue weighted by molar-refractivity contribution is 7.76. The first-order chi connectivity index (χ1) is 15.9. The summed E-state index contributed by atoms with van der Waals surface area (Å²) in [6, 6.07) is 15.9. The number of methoxy groups -OCH3 is 1. The van der Waals surface area contributed by atoms with Crippen molar-refractivity contribution in [3.8, 4) is 0 Å². The predicted molar refractivity (Wildman–Crippen MR) is 124 cm³/mol. The first kappa shape index (κ1) is 23.5. The molecule has 1 aromatic heterocycles. The number of nitrogens with zero attached hydrogens (tertiary/aromatic N) is 2. The average Bonchev–Trinajstić information content (AvgIpc) is 3.06. The summed E-state index contributed by atoms with van der Waals surface area (Å²) in [7, 11) is 1.61. The van der Waals surface area contributed by atoms with Crippen LogP contribution in [0.25, 0.3) is 21.8 Å². The number of rotatable bonds is 9. The lowest BCUT2D eigenvalue weighted by Gasteiger charge is -2.22. The Morgan fingerprint density at radius 1 is 0.970 bits per heavy atom. The lowest BCUT2D eigenvalue weighted by Crippen LogP contribution is -2.35. The molecule has 9 heteroatoms. The van der Waals surface area contributed by atoms with Gasteiger partial charge in [-0.2, -0.15) is 4.31 Å². The molecule has 33 heavy (non-hydrogen) atoms. The molecule has 1 heterocycles. The minimum Gasteiger partial charge on any atom is -0.390 e. The van der Waals surface area contributed by atoms with Gasteiger partial charge in [-0.15, -0.1) is 0 Å². The number of hydrogen-bond acceptors (Lipinski definition) is 3. The molecule has 0 spiro atoms. The van der Waals surface area contributed by atoms with Crippen molar-refractivity contribution in [1.29, 1.82) is 0 Å². The predicted octanol–water partition coefficient (Wildman–Crippen LogP) is 4.22. The minimum absolute atomic E-state index is 0.0769. The maximum atomic E-state index is 13.8. The molecule has 0 radical (unpaired) electrons. The van der Waals surface area contributed by atoms with Crippen LogP contribution in [0, 0.1) is 11.6 Å². The summed E-state index contributed by atoms with van der Waals surface area (Å²) in [6.07, 6.45) is -1.01. The minimum atomic E-state index is -2.30. The fraction of sp³-hybridized carbons (Fsp3) is 0.250. The first-order valence-electron chi connectivity index (χ1n) is 10.3. The Morgan fingerprint density at radius 3 is 2.03 bits per heavy atom. The van der Waals surface area contributed by atoms with Gasteiger partial charge in [0.1, 0.15) is 11.6 Å². The molecule has 0 aliphatic rings. The number of aromatic nitrogens is 1. The van der Waals surface area contributed by atoms with Gasteiger partial charge in [-0.3, -0.25) is 4.55 Å². The summed E-state index contributed by atoms with van der Waals surface area (Å²) in [5.74, 6) is -0.880. The Labute approximate surface area is 192 Å². The molecule has 0 saturated carbocycles. The summed E-state index contributed by atoms with van der Waals surface area (Å²) >= 11 is -2.30. The van der Waals surface area contributed by atoms with Gasteiger partial charge < -0.3 is 14.4 Å². The molecular formula is C24H24F2N2O4S. The summed E-state index contributed by atoms with van der Waals surface area (Å²) in [6.45, 7) is 0.641. The van der Waals surface area contributed by atoms with E-state index in [9.17, 15) is 22.6 Å². The number of fused-ring (bicyclic) bond motifs is 3. The Bertz CT molecular complexity index is 1230. The van der Waals surface area contributed by atoms with Crippen LogP contribution in [0.15, 0.2) is 60.7 Å². The zero-order chi connectivity index (χ0) is 23.5. The molecule has 2 atom stereocenters. The topological polar surface area (TPSA) is 74.9 Å². The van der Waals surface area contributed by atoms with Gasteiger partial charge in [0.2, 0.25) is 11.3 Å². The van der Waals surface area contributed by atoms with E-state index in [4.69, 9.17) is 4.74 Å².